The summed E-state index contributed by atoms with van der Waals surface area (Å²) in [5, 5.41) is 2.90. The Hall–Kier alpha value is -2.86. The Kier molecular flexibility index (Phi) is 6.08. The molecule has 2 aromatic rings. The molecule has 2 heterocycles. The Morgan fingerprint density at radius 2 is 2.04 bits per heavy atom. The molecular weight excluding hydrogens is 342 g/mol. The molecule has 1 fully saturated rings. The Morgan fingerprint density at radius 1 is 1.26 bits per heavy atom. The number of benzene rings is 1. The summed E-state index contributed by atoms with van der Waals surface area (Å²) in [6.07, 6.45) is 5.33. The van der Waals surface area contributed by atoms with E-state index in [9.17, 15) is 9.59 Å². The number of hydrogen-bond donors (Lipinski definition) is 1. The topological polar surface area (TPSA) is 63.6 Å². The van der Waals surface area contributed by atoms with Crippen LogP contribution in [0.25, 0.3) is 11.8 Å². The third-order valence-corrected chi connectivity index (χ3v) is 4.54. The van der Waals surface area contributed by atoms with E-state index in [1.807, 2.05) is 43.3 Å². The van der Waals surface area contributed by atoms with Gasteiger partial charge in [-0.2, -0.15) is 0 Å². The van der Waals surface area contributed by atoms with E-state index in [1.54, 1.807) is 24.4 Å². The van der Waals surface area contributed by atoms with Crippen molar-refractivity contribution in [3.63, 3.8) is 0 Å². The summed E-state index contributed by atoms with van der Waals surface area (Å²) in [5.74, 6) is -0.296. The van der Waals surface area contributed by atoms with Gasteiger partial charge in [-0.1, -0.05) is 18.2 Å². The number of amides is 1. The fourth-order valence-electron chi connectivity index (χ4n) is 3.00. The molecule has 1 unspecified atom stereocenters. The zero-order valence-electron chi connectivity index (χ0n) is 15.7. The van der Waals surface area contributed by atoms with Crippen LogP contribution in [0.3, 0.4) is 0 Å². The van der Waals surface area contributed by atoms with Gasteiger partial charge in [0.1, 0.15) is 5.70 Å². The molecule has 1 aromatic carbocycles. The van der Waals surface area contributed by atoms with Gasteiger partial charge in [-0.05, 0) is 42.7 Å². The molecule has 0 bridgehead atoms. The maximum absolute atomic E-state index is 12.8. The van der Waals surface area contributed by atoms with E-state index in [1.165, 1.54) is 10.6 Å². The van der Waals surface area contributed by atoms with Crippen molar-refractivity contribution in [2.45, 2.75) is 18.9 Å². The molecule has 6 heteroatoms. The first kappa shape index (κ1) is 18.9. The zero-order valence-corrected chi connectivity index (χ0v) is 15.7. The van der Waals surface area contributed by atoms with Gasteiger partial charge in [0.25, 0.3) is 11.5 Å². The van der Waals surface area contributed by atoms with Crippen LogP contribution in [0.15, 0.2) is 53.5 Å². The van der Waals surface area contributed by atoms with Crippen LogP contribution >= 0.6 is 0 Å². The third-order valence-electron chi connectivity index (χ3n) is 4.54. The standard InChI is InChI=1S/C21H25N3O3/c1-23(2)17-10-8-16(9-11-17)14-19(24-12-4-3-7-20(24)25)21(26)22-15-18-6-5-13-27-18/h3-4,7-12,14,18H,5-6,13,15H2,1-2H3,(H,22,26). The third kappa shape index (κ3) is 4.86. The first-order chi connectivity index (χ1) is 13.0. The van der Waals surface area contributed by atoms with Gasteiger partial charge < -0.3 is 15.0 Å². The average Bonchev–Trinajstić information content (AvgIpc) is 3.19. The molecule has 1 atom stereocenters. The van der Waals surface area contributed by atoms with Crippen LogP contribution in [0.4, 0.5) is 5.69 Å². The van der Waals surface area contributed by atoms with Gasteiger partial charge in [-0.25, -0.2) is 0 Å². The second-order valence-electron chi connectivity index (χ2n) is 6.77. The van der Waals surface area contributed by atoms with Gasteiger partial charge in [0, 0.05) is 45.2 Å². The van der Waals surface area contributed by atoms with Crippen LogP contribution < -0.4 is 15.8 Å². The summed E-state index contributed by atoms with van der Waals surface area (Å²) in [6.45, 7) is 1.18. The van der Waals surface area contributed by atoms with E-state index in [4.69, 9.17) is 4.74 Å². The first-order valence-electron chi connectivity index (χ1n) is 9.11. The van der Waals surface area contributed by atoms with Crippen molar-refractivity contribution in [3.05, 3.63) is 64.6 Å². The summed E-state index contributed by atoms with van der Waals surface area (Å²) in [4.78, 5) is 27.1. The van der Waals surface area contributed by atoms with Gasteiger partial charge in [0.2, 0.25) is 0 Å². The molecule has 0 aliphatic carbocycles. The molecule has 1 saturated heterocycles. The molecule has 1 aliphatic rings. The molecule has 1 aromatic heterocycles. The quantitative estimate of drug-likeness (QED) is 0.795. The summed E-state index contributed by atoms with van der Waals surface area (Å²) >= 11 is 0. The van der Waals surface area contributed by atoms with Gasteiger partial charge in [0.15, 0.2) is 0 Å². The minimum atomic E-state index is -0.296. The summed E-state index contributed by atoms with van der Waals surface area (Å²) in [5.41, 5.74) is 1.95. The summed E-state index contributed by atoms with van der Waals surface area (Å²) in [7, 11) is 3.94. The number of pyridine rings is 1. The Labute approximate surface area is 159 Å². The minimum Gasteiger partial charge on any atom is -0.378 e. The second-order valence-corrected chi connectivity index (χ2v) is 6.77. The highest BCUT2D eigenvalue weighted by Gasteiger charge is 2.19. The number of nitrogens with one attached hydrogen (secondary N) is 1. The van der Waals surface area contributed by atoms with Crippen molar-refractivity contribution in [1.82, 2.24) is 9.88 Å². The SMILES string of the molecule is CN(C)c1ccc(C=C(C(=O)NCC2CCCO2)n2ccccc2=O)cc1. The average molecular weight is 367 g/mol. The van der Waals surface area contributed by atoms with Gasteiger partial charge in [-0.3, -0.25) is 14.2 Å². The predicted octanol–water partition coefficient (Wildman–Crippen LogP) is 2.21. The van der Waals surface area contributed by atoms with E-state index >= 15 is 0 Å². The van der Waals surface area contributed by atoms with Crippen LogP contribution in [0, 0.1) is 0 Å². The first-order valence-corrected chi connectivity index (χ1v) is 9.11. The number of ether oxygens (including phenoxy) is 1. The van der Waals surface area contributed by atoms with Crippen LogP contribution in [-0.4, -0.2) is 43.8 Å². The van der Waals surface area contributed by atoms with E-state index in [0.717, 1.165) is 30.7 Å². The molecular formula is C21H25N3O3. The smallest absolute Gasteiger partial charge is 0.268 e. The lowest BCUT2D eigenvalue weighted by atomic mass is 10.1. The van der Waals surface area contributed by atoms with Crippen LogP contribution in [-0.2, 0) is 9.53 Å². The fraction of sp³-hybridized carbons (Fsp3) is 0.333. The second kappa shape index (κ2) is 8.68. The number of anilines is 1. The highest BCUT2D eigenvalue weighted by molar-refractivity contribution is 6.18. The van der Waals surface area contributed by atoms with Crippen LogP contribution in [0.5, 0.6) is 0 Å². The number of nitrogens with zero attached hydrogens (tertiary/aromatic N) is 2. The number of rotatable bonds is 6. The highest BCUT2D eigenvalue weighted by Crippen LogP contribution is 2.16. The van der Waals surface area contributed by atoms with E-state index in [0.29, 0.717) is 6.54 Å². The predicted molar refractivity (Wildman–Crippen MR) is 108 cm³/mol. The van der Waals surface area contributed by atoms with Crippen LogP contribution in [0.1, 0.15) is 18.4 Å². The molecule has 0 spiro atoms. The van der Waals surface area contributed by atoms with E-state index in [2.05, 4.69) is 5.32 Å². The summed E-state index contributed by atoms with van der Waals surface area (Å²) < 4.78 is 6.92. The Bertz CT molecular complexity index is 863. The number of hydrogen-bond acceptors (Lipinski definition) is 4. The monoisotopic (exact) mass is 367 g/mol. The number of carbonyl (C=O) groups excluding carboxylic acids is 1. The van der Waals surface area contributed by atoms with Crippen molar-refractivity contribution in [2.75, 3.05) is 32.1 Å². The van der Waals surface area contributed by atoms with E-state index < -0.39 is 0 Å². The molecule has 3 rings (SSSR count). The molecule has 6 nitrogen and oxygen atoms in total. The lowest BCUT2D eigenvalue weighted by molar-refractivity contribution is -0.116. The lowest BCUT2D eigenvalue weighted by Crippen LogP contribution is -2.35. The lowest BCUT2D eigenvalue weighted by Gasteiger charge is -2.15. The fourth-order valence-corrected chi connectivity index (χ4v) is 3.00. The largest absolute Gasteiger partial charge is 0.378 e. The minimum absolute atomic E-state index is 0.0436. The molecule has 0 radical (unpaired) electrons. The maximum Gasteiger partial charge on any atom is 0.268 e. The Morgan fingerprint density at radius 3 is 2.67 bits per heavy atom. The van der Waals surface area contributed by atoms with Gasteiger partial charge in [-0.15, -0.1) is 0 Å². The zero-order chi connectivity index (χ0) is 19.2. The summed E-state index contributed by atoms with van der Waals surface area (Å²) in [6, 6.07) is 12.6. The maximum atomic E-state index is 12.8. The van der Waals surface area contributed by atoms with Gasteiger partial charge >= 0.3 is 0 Å². The van der Waals surface area contributed by atoms with Crippen molar-refractivity contribution in [2.24, 2.45) is 0 Å². The molecule has 27 heavy (non-hydrogen) atoms. The highest BCUT2D eigenvalue weighted by atomic mass is 16.5. The normalized spacial score (nSPS) is 17.0. The van der Waals surface area contributed by atoms with Crippen molar-refractivity contribution < 1.29 is 9.53 Å². The number of carbonyl (C=O) groups is 1. The van der Waals surface area contributed by atoms with Crippen molar-refractivity contribution in [1.29, 1.82) is 0 Å². The Balaban J connectivity index is 1.88. The van der Waals surface area contributed by atoms with E-state index in [-0.39, 0.29) is 23.3 Å². The number of aromatic nitrogens is 1. The molecule has 142 valence electrons. The van der Waals surface area contributed by atoms with Crippen LogP contribution in [0.2, 0.25) is 0 Å². The van der Waals surface area contributed by atoms with Gasteiger partial charge in [0.05, 0.1) is 6.10 Å². The molecule has 1 N–H and O–H groups in total. The van der Waals surface area contributed by atoms with Crippen molar-refractivity contribution >= 4 is 23.4 Å². The molecule has 1 amide bonds. The molecule has 0 saturated carbocycles. The molecule has 1 aliphatic heterocycles. The van der Waals surface area contributed by atoms with Crippen molar-refractivity contribution in [3.8, 4) is 0 Å².